The molecule has 0 amide bonds. The number of hydrogen-bond donors (Lipinski definition) is 1. The van der Waals surface area contributed by atoms with Crippen LogP contribution in [0.3, 0.4) is 0 Å². The van der Waals surface area contributed by atoms with Gasteiger partial charge in [0.25, 0.3) is 5.56 Å². The van der Waals surface area contributed by atoms with Crippen molar-refractivity contribution >= 4 is 27.7 Å². The highest BCUT2D eigenvalue weighted by molar-refractivity contribution is 7.20. The number of halogens is 3. The molecule has 30 heavy (non-hydrogen) atoms. The van der Waals surface area contributed by atoms with E-state index < -0.39 is 36.5 Å². The summed E-state index contributed by atoms with van der Waals surface area (Å²) in [7, 11) is 0. The highest BCUT2D eigenvalue weighted by Gasteiger charge is 2.29. The summed E-state index contributed by atoms with van der Waals surface area (Å²) < 4.78 is 44.7. The number of hydrogen-bond acceptors (Lipinski definition) is 6. The molecule has 12 heteroatoms. The highest BCUT2D eigenvalue weighted by atomic mass is 32.1. The second kappa shape index (κ2) is 8.30. The Kier molecular flexibility index (Phi) is 5.97. The van der Waals surface area contributed by atoms with Gasteiger partial charge in [-0.25, -0.2) is 9.59 Å². The van der Waals surface area contributed by atoms with Crippen LogP contribution < -0.4 is 16.0 Å². The fraction of sp³-hybridized carbons (Fsp3) is 0.333. The molecule has 0 fully saturated rings. The molecule has 0 aliphatic carbocycles. The lowest BCUT2D eigenvalue weighted by Crippen LogP contribution is -2.40. The molecule has 0 radical (unpaired) electrons. The molecule has 0 saturated heterocycles. The van der Waals surface area contributed by atoms with E-state index in [-0.39, 0.29) is 33.8 Å². The smallest absolute Gasteiger partial charge is 0.449 e. The van der Waals surface area contributed by atoms with E-state index in [1.54, 1.807) is 24.5 Å². The highest BCUT2D eigenvalue weighted by Crippen LogP contribution is 2.35. The molecule has 0 spiro atoms. The summed E-state index contributed by atoms with van der Waals surface area (Å²) in [5.74, 6) is 0. The average Bonchev–Trinajstić information content (AvgIpc) is 2.97. The van der Waals surface area contributed by atoms with Crippen molar-refractivity contribution in [2.24, 2.45) is 0 Å². The number of thiophene rings is 1. The lowest BCUT2D eigenvalue weighted by Gasteiger charge is -2.13. The normalized spacial score (nSPS) is 11.7. The summed E-state index contributed by atoms with van der Waals surface area (Å²) in [6.07, 6.45) is -4.06. The number of aryl methyl sites for hydroxylation is 3. The third kappa shape index (κ3) is 4.53. The average molecular weight is 443 g/mol. The van der Waals surface area contributed by atoms with Gasteiger partial charge in [-0.05, 0) is 25.0 Å². The first kappa shape index (κ1) is 21.6. The van der Waals surface area contributed by atoms with E-state index in [0.29, 0.717) is 11.3 Å². The summed E-state index contributed by atoms with van der Waals surface area (Å²) in [4.78, 5) is 40.6. The largest absolute Gasteiger partial charge is 0.512 e. The molecule has 3 aromatic rings. The number of alkyl halides is 3. The van der Waals surface area contributed by atoms with Crippen LogP contribution in [0.2, 0.25) is 0 Å². The topological polar surface area (TPSA) is 103 Å². The van der Waals surface area contributed by atoms with E-state index in [1.807, 2.05) is 0 Å². The van der Waals surface area contributed by atoms with Crippen molar-refractivity contribution in [3.05, 3.63) is 56.5 Å². The second-order valence-electron chi connectivity index (χ2n) is 6.43. The Morgan fingerprint density at radius 2 is 2.00 bits per heavy atom. The number of fused-ring (bicyclic) bond motifs is 1. The summed E-state index contributed by atoms with van der Waals surface area (Å²) in [5, 5.41) is 8.66. The molecule has 8 nitrogen and oxygen atoms in total. The van der Waals surface area contributed by atoms with Crippen LogP contribution >= 0.6 is 11.3 Å². The number of nitrogens with zero attached hydrogens (tertiary/aromatic N) is 3. The molecular formula is C18H16F3N3O5S. The number of rotatable bonds is 6. The van der Waals surface area contributed by atoms with Crippen molar-refractivity contribution in [3.8, 4) is 5.06 Å². The van der Waals surface area contributed by atoms with E-state index in [4.69, 9.17) is 5.11 Å². The molecule has 0 unspecified atom stereocenters. The minimum Gasteiger partial charge on any atom is -0.449 e. The predicted molar refractivity (Wildman–Crippen MR) is 102 cm³/mol. The first-order chi connectivity index (χ1) is 14.1. The van der Waals surface area contributed by atoms with Crippen LogP contribution in [0, 0.1) is 6.92 Å². The maximum atomic E-state index is 13.0. The molecule has 160 valence electrons. The van der Waals surface area contributed by atoms with Gasteiger partial charge in [0.2, 0.25) is 0 Å². The van der Waals surface area contributed by atoms with Crippen molar-refractivity contribution in [2.75, 3.05) is 0 Å². The van der Waals surface area contributed by atoms with Crippen molar-refractivity contribution in [1.82, 2.24) is 14.1 Å². The standard InChI is InChI=1S/C18H16F3N3O5S/c1-10-12-13(25)23(7-4-11-3-2-6-22-9-11)16(26)24(8-5-18(19,20)21)14(12)30-15(10)29-17(27)28/h2-3,6,9H,4-5,7-8H2,1H3,(H,27,28). The molecule has 0 bridgehead atoms. The maximum Gasteiger partial charge on any atom is 0.512 e. The van der Waals surface area contributed by atoms with Crippen molar-refractivity contribution < 1.29 is 27.8 Å². The predicted octanol–water partition coefficient (Wildman–Crippen LogP) is 3.18. The number of pyridine rings is 1. The number of ether oxygens (including phenoxy) is 1. The van der Waals surface area contributed by atoms with E-state index in [1.165, 1.54) is 6.92 Å². The first-order valence-corrected chi connectivity index (χ1v) is 9.53. The van der Waals surface area contributed by atoms with E-state index in [0.717, 1.165) is 14.7 Å². The van der Waals surface area contributed by atoms with Crippen molar-refractivity contribution in [2.45, 2.75) is 39.0 Å². The van der Waals surface area contributed by atoms with Crippen LogP contribution in [-0.4, -0.2) is 31.6 Å². The Hall–Kier alpha value is -3.15. The first-order valence-electron chi connectivity index (χ1n) is 8.71. The lowest BCUT2D eigenvalue weighted by atomic mass is 10.2. The number of carbonyl (C=O) groups is 1. The van der Waals surface area contributed by atoms with E-state index in [9.17, 15) is 27.6 Å². The molecule has 0 saturated carbocycles. The summed E-state index contributed by atoms with van der Waals surface area (Å²) in [5.41, 5.74) is -0.721. The van der Waals surface area contributed by atoms with Crippen LogP contribution in [0.4, 0.5) is 18.0 Å². The van der Waals surface area contributed by atoms with Gasteiger partial charge in [0.15, 0.2) is 5.06 Å². The molecular weight excluding hydrogens is 427 g/mol. The van der Waals surface area contributed by atoms with Gasteiger partial charge in [0, 0.05) is 31.0 Å². The summed E-state index contributed by atoms with van der Waals surface area (Å²) in [6, 6.07) is 3.43. The lowest BCUT2D eigenvalue weighted by molar-refractivity contribution is -0.136. The van der Waals surface area contributed by atoms with Gasteiger partial charge >= 0.3 is 18.0 Å². The van der Waals surface area contributed by atoms with E-state index in [2.05, 4.69) is 9.72 Å². The fourth-order valence-corrected chi connectivity index (χ4v) is 4.14. The third-order valence-electron chi connectivity index (χ3n) is 4.40. The SMILES string of the molecule is Cc1c(OC(=O)O)sc2c1c(=O)n(CCc1cccnc1)c(=O)n2CCC(F)(F)F. The molecule has 0 aromatic carbocycles. The molecule has 3 rings (SSSR count). The Balaban J connectivity index is 2.15. The quantitative estimate of drug-likeness (QED) is 0.587. The zero-order valence-corrected chi connectivity index (χ0v) is 16.4. The minimum atomic E-state index is -4.52. The molecule has 0 aliphatic heterocycles. The zero-order chi connectivity index (χ0) is 22.1. The van der Waals surface area contributed by atoms with Crippen LogP contribution in [0.25, 0.3) is 10.2 Å². The molecule has 1 N–H and O–H groups in total. The number of carboxylic acid groups (broad SMARTS) is 1. The van der Waals surface area contributed by atoms with Crippen LogP contribution in [0.5, 0.6) is 5.06 Å². The van der Waals surface area contributed by atoms with Crippen LogP contribution in [0.15, 0.2) is 34.1 Å². The van der Waals surface area contributed by atoms with Gasteiger partial charge in [0.1, 0.15) is 4.83 Å². The monoisotopic (exact) mass is 443 g/mol. The second-order valence-corrected chi connectivity index (χ2v) is 7.39. The van der Waals surface area contributed by atoms with Gasteiger partial charge in [-0.3, -0.25) is 18.9 Å². The third-order valence-corrected chi connectivity index (χ3v) is 5.59. The summed E-state index contributed by atoms with van der Waals surface area (Å²) >= 11 is 0.650. The Bertz CT molecular complexity index is 1200. The fourth-order valence-electron chi connectivity index (χ4n) is 2.97. The van der Waals surface area contributed by atoms with Crippen LogP contribution in [0.1, 0.15) is 17.5 Å². The maximum absolute atomic E-state index is 13.0. The molecule has 0 atom stereocenters. The van der Waals surface area contributed by atoms with E-state index >= 15 is 0 Å². The Morgan fingerprint density at radius 1 is 1.27 bits per heavy atom. The molecule has 0 aliphatic rings. The Morgan fingerprint density at radius 3 is 2.60 bits per heavy atom. The minimum absolute atomic E-state index is 0.0378. The zero-order valence-electron chi connectivity index (χ0n) is 15.6. The Labute approximate surface area is 170 Å². The van der Waals surface area contributed by atoms with Gasteiger partial charge in [-0.15, -0.1) is 0 Å². The number of aromatic nitrogens is 3. The van der Waals surface area contributed by atoms with Crippen LogP contribution in [-0.2, 0) is 19.5 Å². The van der Waals surface area contributed by atoms with Crippen molar-refractivity contribution in [3.63, 3.8) is 0 Å². The molecule has 3 heterocycles. The molecule has 3 aromatic heterocycles. The van der Waals surface area contributed by atoms with Gasteiger partial charge < -0.3 is 9.84 Å². The van der Waals surface area contributed by atoms with Gasteiger partial charge in [0.05, 0.1) is 11.8 Å². The van der Waals surface area contributed by atoms with Gasteiger partial charge in [-0.1, -0.05) is 17.4 Å². The summed E-state index contributed by atoms with van der Waals surface area (Å²) in [6.45, 7) is 0.636. The van der Waals surface area contributed by atoms with Gasteiger partial charge in [-0.2, -0.15) is 13.2 Å². The van der Waals surface area contributed by atoms with Crippen molar-refractivity contribution in [1.29, 1.82) is 0 Å².